The van der Waals surface area contributed by atoms with Gasteiger partial charge >= 0.3 is 0 Å². The lowest BCUT2D eigenvalue weighted by atomic mass is 10.2. The maximum atomic E-state index is 12.1. The molecule has 0 aliphatic rings. The van der Waals surface area contributed by atoms with Gasteiger partial charge in [0.2, 0.25) is 0 Å². The molecular weight excluding hydrogens is 322 g/mol. The molecule has 0 aliphatic heterocycles. The highest BCUT2D eigenvalue weighted by Gasteiger charge is 2.10. The van der Waals surface area contributed by atoms with Crippen molar-refractivity contribution in [1.29, 1.82) is 0 Å². The van der Waals surface area contributed by atoms with E-state index >= 15 is 0 Å². The summed E-state index contributed by atoms with van der Waals surface area (Å²) in [5.41, 5.74) is 0.572. The molecule has 2 aromatic rings. The first-order valence-electron chi connectivity index (χ1n) is 6.30. The molecule has 1 aromatic heterocycles. The first kappa shape index (κ1) is 14.6. The van der Waals surface area contributed by atoms with E-state index in [1.807, 2.05) is 0 Å². The lowest BCUT2D eigenvalue weighted by molar-refractivity contribution is 0.0952. The second-order valence-electron chi connectivity index (χ2n) is 4.24. The number of benzene rings is 1. The number of carbonyl (C=O) groups excluding carboxylic acids is 1. The number of H-pyrrole nitrogens is 1. The lowest BCUT2D eigenvalue weighted by Crippen LogP contribution is -2.25. The number of hydrogen-bond acceptors (Lipinski definition) is 3. The molecule has 2 N–H and O–H groups in total. The lowest BCUT2D eigenvalue weighted by Gasteiger charge is -2.08. The zero-order chi connectivity index (χ0) is 14.4. The van der Waals surface area contributed by atoms with Crippen molar-refractivity contribution in [2.45, 2.75) is 12.8 Å². The Morgan fingerprint density at radius 1 is 1.50 bits per heavy atom. The molecule has 1 amide bonds. The molecule has 0 bridgehead atoms. The summed E-state index contributed by atoms with van der Waals surface area (Å²) in [6, 6.07) is 5.32. The predicted molar refractivity (Wildman–Crippen MR) is 79.9 cm³/mol. The van der Waals surface area contributed by atoms with E-state index in [4.69, 9.17) is 4.74 Å². The molecule has 0 fully saturated rings. The molecule has 2 rings (SSSR count). The van der Waals surface area contributed by atoms with Gasteiger partial charge in [-0.3, -0.25) is 4.79 Å². The molecule has 0 radical (unpaired) electrons. The van der Waals surface area contributed by atoms with Gasteiger partial charge in [0.15, 0.2) is 0 Å². The summed E-state index contributed by atoms with van der Waals surface area (Å²) in [7, 11) is 1.58. The van der Waals surface area contributed by atoms with Gasteiger partial charge in [-0.1, -0.05) is 0 Å². The van der Waals surface area contributed by atoms with Crippen molar-refractivity contribution in [3.63, 3.8) is 0 Å². The van der Waals surface area contributed by atoms with Crippen LogP contribution in [0.25, 0.3) is 0 Å². The summed E-state index contributed by atoms with van der Waals surface area (Å²) >= 11 is 3.37. The van der Waals surface area contributed by atoms with Crippen LogP contribution in [0.4, 0.5) is 0 Å². The van der Waals surface area contributed by atoms with Crippen LogP contribution in [0.2, 0.25) is 0 Å². The highest BCUT2D eigenvalue weighted by molar-refractivity contribution is 9.10. The van der Waals surface area contributed by atoms with Gasteiger partial charge in [0.25, 0.3) is 5.91 Å². The van der Waals surface area contributed by atoms with Crippen molar-refractivity contribution >= 4 is 21.8 Å². The monoisotopic (exact) mass is 337 g/mol. The molecule has 6 heteroatoms. The van der Waals surface area contributed by atoms with Crippen LogP contribution < -0.4 is 10.1 Å². The van der Waals surface area contributed by atoms with E-state index in [0.29, 0.717) is 17.9 Å². The Balaban J connectivity index is 1.85. The third-order valence-corrected chi connectivity index (χ3v) is 3.54. The Morgan fingerprint density at radius 3 is 3.05 bits per heavy atom. The number of aromatic nitrogens is 2. The van der Waals surface area contributed by atoms with Crippen LogP contribution in [-0.2, 0) is 6.42 Å². The standard InChI is InChI=1S/C14H16BrN3O2/c1-20-10-4-5-12(15)11(9-10)14(19)18-6-2-3-13-16-7-8-17-13/h4-5,7-9H,2-3,6H2,1H3,(H,16,17)(H,18,19). The molecule has 0 saturated heterocycles. The van der Waals surface area contributed by atoms with Crippen LogP contribution in [0.3, 0.4) is 0 Å². The molecule has 0 atom stereocenters. The Kier molecular flexibility index (Phi) is 5.17. The highest BCUT2D eigenvalue weighted by Crippen LogP contribution is 2.22. The van der Waals surface area contributed by atoms with Gasteiger partial charge < -0.3 is 15.0 Å². The van der Waals surface area contributed by atoms with Gasteiger partial charge in [0.1, 0.15) is 11.6 Å². The number of halogens is 1. The number of amides is 1. The van der Waals surface area contributed by atoms with Crippen molar-refractivity contribution in [3.8, 4) is 5.75 Å². The normalized spacial score (nSPS) is 10.3. The number of imidazole rings is 1. The van der Waals surface area contributed by atoms with Crippen molar-refractivity contribution < 1.29 is 9.53 Å². The van der Waals surface area contributed by atoms with E-state index in [0.717, 1.165) is 23.1 Å². The number of hydrogen-bond donors (Lipinski definition) is 2. The van der Waals surface area contributed by atoms with Gasteiger partial charge in [-0.2, -0.15) is 0 Å². The van der Waals surface area contributed by atoms with Gasteiger partial charge in [-0.05, 0) is 40.5 Å². The van der Waals surface area contributed by atoms with Gasteiger partial charge in [0, 0.05) is 29.8 Å². The minimum absolute atomic E-state index is 0.116. The third kappa shape index (κ3) is 3.84. The van der Waals surface area contributed by atoms with Crippen LogP contribution in [0.15, 0.2) is 35.1 Å². The summed E-state index contributed by atoms with van der Waals surface area (Å²) < 4.78 is 5.87. The van der Waals surface area contributed by atoms with E-state index in [1.54, 1.807) is 37.7 Å². The Labute approximate surface area is 125 Å². The van der Waals surface area contributed by atoms with Crippen molar-refractivity contribution in [2.24, 2.45) is 0 Å². The van der Waals surface area contributed by atoms with Gasteiger partial charge in [-0.25, -0.2) is 4.98 Å². The van der Waals surface area contributed by atoms with Crippen LogP contribution in [0, 0.1) is 0 Å². The second kappa shape index (κ2) is 7.09. The summed E-state index contributed by atoms with van der Waals surface area (Å²) in [4.78, 5) is 19.2. The molecular formula is C14H16BrN3O2. The summed E-state index contributed by atoms with van der Waals surface area (Å²) in [5.74, 6) is 1.48. The van der Waals surface area contributed by atoms with E-state index < -0.39 is 0 Å². The van der Waals surface area contributed by atoms with Crippen molar-refractivity contribution in [1.82, 2.24) is 15.3 Å². The van der Waals surface area contributed by atoms with Crippen molar-refractivity contribution in [3.05, 3.63) is 46.5 Å². The van der Waals surface area contributed by atoms with Crippen LogP contribution >= 0.6 is 15.9 Å². The molecule has 0 saturated carbocycles. The molecule has 1 aromatic carbocycles. The average Bonchev–Trinajstić information content (AvgIpc) is 2.97. The fraction of sp³-hybridized carbons (Fsp3) is 0.286. The number of rotatable bonds is 6. The van der Waals surface area contributed by atoms with Gasteiger partial charge in [-0.15, -0.1) is 0 Å². The largest absolute Gasteiger partial charge is 0.497 e. The number of aryl methyl sites for hydroxylation is 1. The summed E-state index contributed by atoms with van der Waals surface area (Å²) in [6.45, 7) is 0.600. The number of carbonyl (C=O) groups is 1. The predicted octanol–water partition coefficient (Wildman–Crippen LogP) is 2.54. The average molecular weight is 338 g/mol. The zero-order valence-electron chi connectivity index (χ0n) is 11.1. The minimum atomic E-state index is -0.116. The Bertz CT molecular complexity index is 570. The summed E-state index contributed by atoms with van der Waals surface area (Å²) in [6.07, 6.45) is 5.16. The third-order valence-electron chi connectivity index (χ3n) is 2.85. The van der Waals surface area contributed by atoms with Crippen LogP contribution in [-0.4, -0.2) is 29.5 Å². The SMILES string of the molecule is COc1ccc(Br)c(C(=O)NCCCc2ncc[nH]2)c1. The number of aromatic amines is 1. The van der Waals surface area contributed by atoms with E-state index in [-0.39, 0.29) is 5.91 Å². The number of nitrogens with zero attached hydrogens (tertiary/aromatic N) is 1. The molecule has 0 unspecified atom stereocenters. The number of nitrogens with one attached hydrogen (secondary N) is 2. The second-order valence-corrected chi connectivity index (χ2v) is 5.10. The molecule has 106 valence electrons. The molecule has 1 heterocycles. The van der Waals surface area contributed by atoms with Crippen LogP contribution in [0.1, 0.15) is 22.6 Å². The van der Waals surface area contributed by atoms with Gasteiger partial charge in [0.05, 0.1) is 12.7 Å². The highest BCUT2D eigenvalue weighted by atomic mass is 79.9. The Morgan fingerprint density at radius 2 is 2.35 bits per heavy atom. The maximum Gasteiger partial charge on any atom is 0.252 e. The summed E-state index contributed by atoms with van der Waals surface area (Å²) in [5, 5.41) is 2.89. The molecule has 5 nitrogen and oxygen atoms in total. The van der Waals surface area contributed by atoms with Crippen LogP contribution in [0.5, 0.6) is 5.75 Å². The Hall–Kier alpha value is -1.82. The maximum absolute atomic E-state index is 12.1. The molecule has 0 spiro atoms. The fourth-order valence-electron chi connectivity index (χ4n) is 1.79. The quantitative estimate of drug-likeness (QED) is 0.796. The topological polar surface area (TPSA) is 67.0 Å². The fourth-order valence-corrected chi connectivity index (χ4v) is 2.22. The number of ether oxygens (including phenoxy) is 1. The van der Waals surface area contributed by atoms with E-state index in [2.05, 4.69) is 31.2 Å². The first-order chi connectivity index (χ1) is 9.70. The molecule has 20 heavy (non-hydrogen) atoms. The van der Waals surface area contributed by atoms with Crippen molar-refractivity contribution in [2.75, 3.05) is 13.7 Å². The minimum Gasteiger partial charge on any atom is -0.497 e. The van der Waals surface area contributed by atoms with E-state index in [1.165, 1.54) is 0 Å². The van der Waals surface area contributed by atoms with E-state index in [9.17, 15) is 4.79 Å². The zero-order valence-corrected chi connectivity index (χ0v) is 12.7. The first-order valence-corrected chi connectivity index (χ1v) is 7.10. The number of methoxy groups -OCH3 is 1. The smallest absolute Gasteiger partial charge is 0.252 e. The molecule has 0 aliphatic carbocycles.